The van der Waals surface area contributed by atoms with Gasteiger partial charge in [-0.2, -0.15) is 5.26 Å². The smallest absolute Gasteiger partial charge is 0.226 e. The Labute approximate surface area is 147 Å². The lowest BCUT2D eigenvalue weighted by Crippen LogP contribution is -2.33. The molecule has 1 aliphatic heterocycles. The molecule has 0 radical (unpaired) electrons. The Morgan fingerprint density at radius 1 is 1.24 bits per heavy atom. The molecule has 1 fully saturated rings. The first-order chi connectivity index (χ1) is 12.3. The SMILES string of the molecule is N#C[C@H](NC(=O)[C@@H]1CCOC1)c1ccc(OCc2ccccc2)cc1. The fraction of sp³-hybridized carbons (Fsp3) is 0.300. The standard InChI is InChI=1S/C20H20N2O3/c21-12-19(22-20(23)17-10-11-24-14-17)16-6-8-18(9-7-16)25-13-15-4-2-1-3-5-15/h1-9,17,19H,10-11,13-14H2,(H,22,23)/t17-,19+/m1/s1. The Bertz CT molecular complexity index is 732. The molecule has 2 aromatic carbocycles. The van der Waals surface area contributed by atoms with Crippen LogP contribution in [0, 0.1) is 17.2 Å². The number of hydrogen-bond acceptors (Lipinski definition) is 4. The van der Waals surface area contributed by atoms with Gasteiger partial charge < -0.3 is 14.8 Å². The fourth-order valence-electron chi connectivity index (χ4n) is 2.69. The van der Waals surface area contributed by atoms with E-state index in [1.54, 1.807) is 12.1 Å². The molecule has 0 bridgehead atoms. The molecule has 1 heterocycles. The molecule has 0 aromatic heterocycles. The Morgan fingerprint density at radius 3 is 2.64 bits per heavy atom. The number of hydrogen-bond donors (Lipinski definition) is 1. The maximum atomic E-state index is 12.1. The van der Waals surface area contributed by atoms with E-state index in [0.29, 0.717) is 26.2 Å². The van der Waals surface area contributed by atoms with Crippen molar-refractivity contribution in [3.8, 4) is 11.8 Å². The number of nitrogens with zero attached hydrogens (tertiary/aromatic N) is 1. The van der Waals surface area contributed by atoms with Gasteiger partial charge in [0.05, 0.1) is 18.6 Å². The van der Waals surface area contributed by atoms with Crippen LogP contribution in [0.25, 0.3) is 0 Å². The summed E-state index contributed by atoms with van der Waals surface area (Å²) in [4.78, 5) is 12.1. The Balaban J connectivity index is 1.58. The summed E-state index contributed by atoms with van der Waals surface area (Å²) in [6, 6.07) is 18.6. The maximum Gasteiger partial charge on any atom is 0.226 e. The van der Waals surface area contributed by atoms with Gasteiger partial charge in [-0.15, -0.1) is 0 Å². The van der Waals surface area contributed by atoms with Gasteiger partial charge in [0.25, 0.3) is 0 Å². The Morgan fingerprint density at radius 2 is 2.00 bits per heavy atom. The molecule has 1 aliphatic rings. The summed E-state index contributed by atoms with van der Waals surface area (Å²) in [7, 11) is 0. The first-order valence-electron chi connectivity index (χ1n) is 8.30. The zero-order valence-corrected chi connectivity index (χ0v) is 13.9. The molecule has 2 aromatic rings. The van der Waals surface area contributed by atoms with Crippen LogP contribution in [0.2, 0.25) is 0 Å². The van der Waals surface area contributed by atoms with Crippen molar-refractivity contribution >= 4 is 5.91 Å². The second kappa shape index (κ2) is 8.32. The monoisotopic (exact) mass is 336 g/mol. The molecule has 128 valence electrons. The Hall–Kier alpha value is -2.84. The number of nitrogens with one attached hydrogen (secondary N) is 1. The van der Waals surface area contributed by atoms with Crippen molar-refractivity contribution in [1.82, 2.24) is 5.32 Å². The molecule has 5 heteroatoms. The summed E-state index contributed by atoms with van der Waals surface area (Å²) in [5.41, 5.74) is 1.83. The van der Waals surface area contributed by atoms with Crippen LogP contribution in [0.5, 0.6) is 5.75 Å². The van der Waals surface area contributed by atoms with Crippen molar-refractivity contribution in [2.45, 2.75) is 19.1 Å². The highest BCUT2D eigenvalue weighted by Gasteiger charge is 2.25. The van der Waals surface area contributed by atoms with Crippen molar-refractivity contribution in [1.29, 1.82) is 5.26 Å². The van der Waals surface area contributed by atoms with Crippen LogP contribution in [0.15, 0.2) is 54.6 Å². The minimum Gasteiger partial charge on any atom is -0.489 e. The molecule has 0 aliphatic carbocycles. The van der Waals surface area contributed by atoms with Crippen LogP contribution in [-0.2, 0) is 16.1 Å². The van der Waals surface area contributed by atoms with Crippen LogP contribution in [-0.4, -0.2) is 19.1 Å². The minimum atomic E-state index is -0.670. The van der Waals surface area contributed by atoms with E-state index >= 15 is 0 Å². The molecule has 1 saturated heterocycles. The summed E-state index contributed by atoms with van der Waals surface area (Å²) in [6.45, 7) is 1.51. The molecule has 0 unspecified atom stereocenters. The third kappa shape index (κ3) is 4.59. The lowest BCUT2D eigenvalue weighted by molar-refractivity contribution is -0.125. The summed E-state index contributed by atoms with van der Waals surface area (Å²) in [5, 5.41) is 12.1. The van der Waals surface area contributed by atoms with E-state index in [9.17, 15) is 10.1 Å². The molecule has 3 rings (SSSR count). The van der Waals surface area contributed by atoms with Crippen molar-refractivity contribution in [2.75, 3.05) is 13.2 Å². The summed E-state index contributed by atoms with van der Waals surface area (Å²) >= 11 is 0. The molecule has 5 nitrogen and oxygen atoms in total. The topological polar surface area (TPSA) is 71.4 Å². The fourth-order valence-corrected chi connectivity index (χ4v) is 2.69. The van der Waals surface area contributed by atoms with Gasteiger partial charge in [0.15, 0.2) is 0 Å². The first-order valence-corrected chi connectivity index (χ1v) is 8.30. The normalized spacial score (nSPS) is 17.5. The van der Waals surface area contributed by atoms with Crippen LogP contribution in [0.1, 0.15) is 23.6 Å². The first kappa shape index (κ1) is 17.0. The van der Waals surface area contributed by atoms with E-state index in [-0.39, 0.29) is 11.8 Å². The molecule has 2 atom stereocenters. The number of carbonyl (C=O) groups is 1. The van der Waals surface area contributed by atoms with Crippen LogP contribution in [0.4, 0.5) is 0 Å². The van der Waals surface area contributed by atoms with Crippen molar-refractivity contribution in [2.24, 2.45) is 5.92 Å². The number of benzene rings is 2. The van der Waals surface area contributed by atoms with Gasteiger partial charge in [-0.3, -0.25) is 4.79 Å². The highest BCUT2D eigenvalue weighted by Crippen LogP contribution is 2.20. The lowest BCUT2D eigenvalue weighted by atomic mass is 10.0. The van der Waals surface area contributed by atoms with Gasteiger partial charge in [0, 0.05) is 6.61 Å². The van der Waals surface area contributed by atoms with E-state index in [1.165, 1.54) is 0 Å². The molecule has 0 spiro atoms. The molecular weight excluding hydrogens is 316 g/mol. The number of ether oxygens (including phenoxy) is 2. The zero-order chi connectivity index (χ0) is 17.5. The van der Waals surface area contributed by atoms with Crippen LogP contribution in [0.3, 0.4) is 0 Å². The van der Waals surface area contributed by atoms with Gasteiger partial charge in [-0.05, 0) is 29.7 Å². The highest BCUT2D eigenvalue weighted by molar-refractivity contribution is 5.79. The second-order valence-electron chi connectivity index (χ2n) is 5.97. The average molecular weight is 336 g/mol. The predicted octanol–water partition coefficient (Wildman–Crippen LogP) is 2.98. The van der Waals surface area contributed by atoms with Crippen molar-refractivity contribution in [3.05, 3.63) is 65.7 Å². The summed E-state index contributed by atoms with van der Waals surface area (Å²) in [6.07, 6.45) is 0.705. The highest BCUT2D eigenvalue weighted by atomic mass is 16.5. The second-order valence-corrected chi connectivity index (χ2v) is 5.97. The Kier molecular flexibility index (Phi) is 5.65. The van der Waals surface area contributed by atoms with E-state index in [4.69, 9.17) is 9.47 Å². The summed E-state index contributed by atoms with van der Waals surface area (Å²) in [5.74, 6) is 0.428. The number of rotatable bonds is 6. The van der Waals surface area contributed by atoms with Crippen LogP contribution >= 0.6 is 0 Å². The van der Waals surface area contributed by atoms with E-state index in [1.807, 2.05) is 42.5 Å². The zero-order valence-electron chi connectivity index (χ0n) is 13.9. The van der Waals surface area contributed by atoms with Crippen molar-refractivity contribution < 1.29 is 14.3 Å². The van der Waals surface area contributed by atoms with E-state index < -0.39 is 6.04 Å². The summed E-state index contributed by atoms with van der Waals surface area (Å²) < 4.78 is 11.0. The molecule has 1 N–H and O–H groups in total. The van der Waals surface area contributed by atoms with Gasteiger partial charge in [-0.1, -0.05) is 42.5 Å². The number of carbonyl (C=O) groups excluding carboxylic acids is 1. The van der Waals surface area contributed by atoms with Gasteiger partial charge in [0.1, 0.15) is 18.4 Å². The third-order valence-corrected chi connectivity index (χ3v) is 4.18. The van der Waals surface area contributed by atoms with E-state index in [2.05, 4.69) is 11.4 Å². The van der Waals surface area contributed by atoms with Crippen LogP contribution < -0.4 is 10.1 Å². The van der Waals surface area contributed by atoms with Gasteiger partial charge >= 0.3 is 0 Å². The molecular formula is C20H20N2O3. The minimum absolute atomic E-state index is 0.131. The quantitative estimate of drug-likeness (QED) is 0.880. The maximum absolute atomic E-state index is 12.1. The lowest BCUT2D eigenvalue weighted by Gasteiger charge is -2.15. The van der Waals surface area contributed by atoms with Gasteiger partial charge in [0.2, 0.25) is 5.91 Å². The van der Waals surface area contributed by atoms with E-state index in [0.717, 1.165) is 16.9 Å². The predicted molar refractivity (Wildman–Crippen MR) is 92.6 cm³/mol. The number of nitriles is 1. The molecule has 25 heavy (non-hydrogen) atoms. The van der Waals surface area contributed by atoms with Crippen molar-refractivity contribution in [3.63, 3.8) is 0 Å². The average Bonchev–Trinajstić information content (AvgIpc) is 3.20. The largest absolute Gasteiger partial charge is 0.489 e. The third-order valence-electron chi connectivity index (χ3n) is 4.18. The van der Waals surface area contributed by atoms with Gasteiger partial charge in [-0.25, -0.2) is 0 Å². The molecule has 1 amide bonds. The molecule has 0 saturated carbocycles. The number of amides is 1.